The Morgan fingerprint density at radius 1 is 1.00 bits per heavy atom. The number of carbonyl (C=O) groups excluding carboxylic acids is 1. The van der Waals surface area contributed by atoms with E-state index in [0.717, 1.165) is 5.56 Å². The number of hydrogen-bond acceptors (Lipinski definition) is 3. The molecule has 2 N–H and O–H groups in total. The van der Waals surface area contributed by atoms with Gasteiger partial charge in [0.15, 0.2) is 23.3 Å². The van der Waals surface area contributed by atoms with Crippen molar-refractivity contribution < 1.29 is 32.3 Å². The van der Waals surface area contributed by atoms with E-state index in [4.69, 9.17) is 0 Å². The third-order valence-electron chi connectivity index (χ3n) is 5.16. The zero-order valence-electron chi connectivity index (χ0n) is 17.0. The van der Waals surface area contributed by atoms with E-state index in [1.807, 2.05) is 0 Å². The molecule has 6 nitrogen and oxygen atoms in total. The van der Waals surface area contributed by atoms with Gasteiger partial charge in [-0.2, -0.15) is 0 Å². The summed E-state index contributed by atoms with van der Waals surface area (Å²) >= 11 is 2.39. The minimum absolute atomic E-state index is 0.0554. The minimum Gasteiger partial charge on any atom is -0.481 e. The molecule has 1 amide bonds. The molecule has 34 heavy (non-hydrogen) atoms. The maximum atomic E-state index is 14.1. The van der Waals surface area contributed by atoms with E-state index in [-0.39, 0.29) is 12.1 Å². The molecule has 174 valence electrons. The van der Waals surface area contributed by atoms with Gasteiger partial charge in [-0.05, 0) is 39.7 Å². The quantitative estimate of drug-likeness (QED) is 0.189. The summed E-state index contributed by atoms with van der Waals surface area (Å²) in [6.45, 7) is 0. The smallest absolute Gasteiger partial charge is 0.305 e. The van der Waals surface area contributed by atoms with Crippen LogP contribution in [0.2, 0.25) is 0 Å². The predicted molar refractivity (Wildman–Crippen MR) is 118 cm³/mol. The number of hydrogen-bond donors (Lipinski definition) is 2. The summed E-state index contributed by atoms with van der Waals surface area (Å²) in [5.74, 6) is -9.56. The second kappa shape index (κ2) is 9.26. The molecular weight excluding hydrogens is 522 g/mol. The number of imidazole rings is 1. The first kappa shape index (κ1) is 23.4. The van der Waals surface area contributed by atoms with Gasteiger partial charge in [0.1, 0.15) is 5.56 Å². The lowest BCUT2D eigenvalue weighted by molar-refractivity contribution is -0.137. The maximum Gasteiger partial charge on any atom is 0.305 e. The monoisotopic (exact) mass is 535 g/mol. The number of halogens is 5. The normalized spacial score (nSPS) is 12.0. The van der Waals surface area contributed by atoms with E-state index in [1.165, 1.54) is 24.5 Å². The Balaban J connectivity index is 1.68. The average Bonchev–Trinajstić information content (AvgIpc) is 3.23. The third-order valence-corrected chi connectivity index (χ3v) is 5.85. The van der Waals surface area contributed by atoms with Gasteiger partial charge < -0.3 is 15.0 Å². The molecule has 0 aliphatic carbocycles. The van der Waals surface area contributed by atoms with E-state index in [2.05, 4.69) is 26.2 Å². The van der Waals surface area contributed by atoms with Crippen molar-refractivity contribution in [3.05, 3.63) is 93.7 Å². The fraction of sp³-hybridized carbons (Fsp3) is 0.0870. The minimum atomic E-state index is -1.84. The van der Waals surface area contributed by atoms with Crippen molar-refractivity contribution in [3.63, 3.8) is 0 Å². The molecule has 1 unspecified atom stereocenters. The van der Waals surface area contributed by atoms with E-state index < -0.39 is 51.2 Å². The first-order valence-electron chi connectivity index (χ1n) is 9.75. The van der Waals surface area contributed by atoms with Gasteiger partial charge in [-0.15, -0.1) is 0 Å². The van der Waals surface area contributed by atoms with Crippen molar-refractivity contribution in [3.8, 4) is 0 Å². The molecule has 0 aliphatic heterocycles. The zero-order valence-corrected chi connectivity index (χ0v) is 18.6. The number of aromatic nitrogens is 2. The van der Waals surface area contributed by atoms with Crippen LogP contribution in [-0.4, -0.2) is 26.5 Å². The molecule has 1 atom stereocenters. The number of fused-ring (bicyclic) bond motifs is 1. The van der Waals surface area contributed by atoms with Crippen molar-refractivity contribution in [2.24, 2.45) is 0 Å². The maximum absolute atomic E-state index is 14.1. The molecule has 1 aromatic heterocycles. The van der Waals surface area contributed by atoms with Crippen LogP contribution in [-0.2, 0) is 4.79 Å². The molecule has 0 saturated heterocycles. The second-order valence-electron chi connectivity index (χ2n) is 7.28. The lowest BCUT2D eigenvalue weighted by Gasteiger charge is -2.18. The van der Waals surface area contributed by atoms with Gasteiger partial charge >= 0.3 is 5.97 Å². The number of nitrogens with one attached hydrogen (secondary N) is 1. The fourth-order valence-corrected chi connectivity index (χ4v) is 3.92. The van der Waals surface area contributed by atoms with Crippen molar-refractivity contribution in [2.45, 2.75) is 12.5 Å². The number of aliphatic carboxylic acids is 1. The Hall–Kier alpha value is -3.73. The molecule has 4 rings (SSSR count). The zero-order chi connectivity index (χ0) is 24.6. The molecule has 0 bridgehead atoms. The van der Waals surface area contributed by atoms with Crippen LogP contribution in [0, 0.1) is 23.3 Å². The molecule has 0 saturated carbocycles. The summed E-state index contributed by atoms with van der Waals surface area (Å²) in [7, 11) is 0. The van der Waals surface area contributed by atoms with Crippen LogP contribution in [0.15, 0.2) is 59.3 Å². The van der Waals surface area contributed by atoms with E-state index in [0.29, 0.717) is 11.0 Å². The molecule has 0 aliphatic rings. The Kier molecular flexibility index (Phi) is 6.38. The van der Waals surface area contributed by atoms with E-state index >= 15 is 0 Å². The molecule has 11 heteroatoms. The third kappa shape index (κ3) is 4.26. The fourth-order valence-electron chi connectivity index (χ4n) is 3.57. The number of nitrogens with zero attached hydrogens (tertiary/aromatic N) is 2. The van der Waals surface area contributed by atoms with E-state index in [1.54, 1.807) is 34.9 Å². The number of carboxylic acid groups (broad SMARTS) is 1. The van der Waals surface area contributed by atoms with E-state index in [9.17, 15) is 32.3 Å². The highest BCUT2D eigenvalue weighted by Crippen LogP contribution is 2.30. The molecule has 0 spiro atoms. The molecule has 0 radical (unpaired) electrons. The van der Waals surface area contributed by atoms with Gasteiger partial charge in [-0.1, -0.05) is 30.3 Å². The Bertz CT molecular complexity index is 1400. The summed E-state index contributed by atoms with van der Waals surface area (Å²) in [6.07, 6.45) is 1.23. The van der Waals surface area contributed by atoms with Crippen molar-refractivity contribution in [1.29, 1.82) is 0 Å². The molecule has 4 aromatic rings. The summed E-state index contributed by atoms with van der Waals surface area (Å²) in [5, 5.41) is 11.6. The van der Waals surface area contributed by atoms with Crippen LogP contribution in [0.3, 0.4) is 0 Å². The number of carboxylic acids is 1. The van der Waals surface area contributed by atoms with Gasteiger partial charge in [0, 0.05) is 5.69 Å². The average molecular weight is 536 g/mol. The van der Waals surface area contributed by atoms with Crippen molar-refractivity contribution >= 4 is 44.5 Å². The van der Waals surface area contributed by atoms with Crippen LogP contribution in [0.25, 0.3) is 11.0 Å². The van der Waals surface area contributed by atoms with Crippen molar-refractivity contribution in [2.75, 3.05) is 5.32 Å². The highest BCUT2D eigenvalue weighted by molar-refractivity contribution is 9.10. The molecule has 3 aromatic carbocycles. The van der Waals surface area contributed by atoms with Gasteiger partial charge in [-0.25, -0.2) is 22.5 Å². The van der Waals surface area contributed by atoms with Crippen LogP contribution in [0.5, 0.6) is 0 Å². The molecule has 1 heterocycles. The highest BCUT2D eigenvalue weighted by Gasteiger charge is 2.28. The van der Waals surface area contributed by atoms with Crippen molar-refractivity contribution in [1.82, 2.24) is 9.55 Å². The van der Waals surface area contributed by atoms with Crippen LogP contribution >= 0.6 is 15.9 Å². The number of benzene rings is 3. The Morgan fingerprint density at radius 2 is 1.65 bits per heavy atom. The van der Waals surface area contributed by atoms with Gasteiger partial charge in [-0.3, -0.25) is 9.59 Å². The van der Waals surface area contributed by atoms with Gasteiger partial charge in [0.2, 0.25) is 0 Å². The Labute approximate surface area is 198 Å². The summed E-state index contributed by atoms with van der Waals surface area (Å²) in [4.78, 5) is 28.1. The summed E-state index contributed by atoms with van der Waals surface area (Å²) in [6, 6.07) is 12.7. The first-order valence-corrected chi connectivity index (χ1v) is 10.5. The van der Waals surface area contributed by atoms with Crippen LogP contribution < -0.4 is 5.32 Å². The van der Waals surface area contributed by atoms with Crippen LogP contribution in [0.4, 0.5) is 23.2 Å². The predicted octanol–water partition coefficient (Wildman–Crippen LogP) is 5.67. The van der Waals surface area contributed by atoms with Gasteiger partial charge in [0.25, 0.3) is 5.91 Å². The number of rotatable bonds is 6. The number of anilines is 1. The lowest BCUT2D eigenvalue weighted by Crippen LogP contribution is -2.18. The molecule has 0 fully saturated rings. The van der Waals surface area contributed by atoms with Crippen LogP contribution in [0.1, 0.15) is 28.4 Å². The largest absolute Gasteiger partial charge is 0.481 e. The Morgan fingerprint density at radius 3 is 2.26 bits per heavy atom. The number of amides is 1. The highest BCUT2D eigenvalue weighted by atomic mass is 79.9. The first-order chi connectivity index (χ1) is 16.2. The number of carbonyl (C=O) groups is 2. The molecular formula is C23H14BrF4N3O3. The summed E-state index contributed by atoms with van der Waals surface area (Å²) in [5.41, 5.74) is 0.269. The SMILES string of the molecule is O=C(O)CC(c1ccccc1)n1cnc2cc(NC(=O)c3c(F)c(F)c(Br)c(F)c3F)ccc21. The second-order valence-corrected chi connectivity index (χ2v) is 8.07. The standard InChI is InChI=1S/C23H14BrF4N3O3/c24-18-21(27)19(25)17(20(26)22(18)28)23(34)30-12-6-7-14-13(8-12)29-10-31(14)15(9-16(32)33)11-4-2-1-3-5-11/h1-8,10,15H,9H2,(H,30,34)(H,32,33). The van der Waals surface area contributed by atoms with Gasteiger partial charge in [0.05, 0.1) is 34.3 Å². The summed E-state index contributed by atoms with van der Waals surface area (Å²) < 4.78 is 56.4. The lowest BCUT2D eigenvalue weighted by atomic mass is 10.0. The topological polar surface area (TPSA) is 84.2 Å².